The van der Waals surface area contributed by atoms with Gasteiger partial charge >= 0.3 is 0 Å². The van der Waals surface area contributed by atoms with Crippen LogP contribution in [0.1, 0.15) is 5.82 Å². The topological polar surface area (TPSA) is 57.8 Å². The Labute approximate surface area is 94.9 Å². The van der Waals surface area contributed by atoms with E-state index in [1.54, 1.807) is 13.0 Å². The summed E-state index contributed by atoms with van der Waals surface area (Å²) >= 11 is 3.41. The molecule has 0 amide bonds. The van der Waals surface area contributed by atoms with Crippen LogP contribution >= 0.6 is 15.9 Å². The fraction of sp³-hybridized carbons (Fsp3) is 0.200. The summed E-state index contributed by atoms with van der Waals surface area (Å²) in [4.78, 5) is 18.6. The Morgan fingerprint density at radius 2 is 2.20 bits per heavy atom. The van der Waals surface area contributed by atoms with E-state index in [9.17, 15) is 4.79 Å². The molecular formula is C10H10BrN3O. The molecule has 0 atom stereocenters. The van der Waals surface area contributed by atoms with E-state index in [4.69, 9.17) is 0 Å². The molecular weight excluding hydrogens is 258 g/mol. The molecule has 2 rings (SSSR count). The minimum atomic E-state index is -0.110. The SMILES string of the molecule is CNc1cc2c(=O)[nH]c(C)nc2cc1Br. The van der Waals surface area contributed by atoms with E-state index in [1.807, 2.05) is 13.1 Å². The summed E-state index contributed by atoms with van der Waals surface area (Å²) in [7, 11) is 1.81. The summed E-state index contributed by atoms with van der Waals surface area (Å²) in [5, 5.41) is 3.59. The molecule has 0 unspecified atom stereocenters. The summed E-state index contributed by atoms with van der Waals surface area (Å²) in [6.45, 7) is 1.76. The van der Waals surface area contributed by atoms with Crippen molar-refractivity contribution in [1.29, 1.82) is 0 Å². The Morgan fingerprint density at radius 1 is 1.47 bits per heavy atom. The molecule has 5 heteroatoms. The van der Waals surface area contributed by atoms with Gasteiger partial charge in [-0.3, -0.25) is 4.79 Å². The summed E-state index contributed by atoms with van der Waals surface area (Å²) in [5.41, 5.74) is 1.46. The van der Waals surface area contributed by atoms with Crippen LogP contribution in [0.25, 0.3) is 10.9 Å². The van der Waals surface area contributed by atoms with Gasteiger partial charge in [0.2, 0.25) is 0 Å². The fourth-order valence-corrected chi connectivity index (χ4v) is 2.00. The molecule has 1 aromatic carbocycles. The van der Waals surface area contributed by atoms with Crippen LogP contribution in [0.5, 0.6) is 0 Å². The van der Waals surface area contributed by atoms with Crippen molar-refractivity contribution >= 4 is 32.5 Å². The number of rotatable bonds is 1. The minimum Gasteiger partial charge on any atom is -0.387 e. The molecule has 15 heavy (non-hydrogen) atoms. The highest BCUT2D eigenvalue weighted by molar-refractivity contribution is 9.10. The molecule has 2 N–H and O–H groups in total. The van der Waals surface area contributed by atoms with Crippen molar-refractivity contribution in [3.63, 3.8) is 0 Å². The first-order valence-corrected chi connectivity index (χ1v) is 5.29. The number of nitrogens with zero attached hydrogens (tertiary/aromatic N) is 1. The lowest BCUT2D eigenvalue weighted by Gasteiger charge is -2.05. The van der Waals surface area contributed by atoms with Crippen LogP contribution in [0.3, 0.4) is 0 Å². The van der Waals surface area contributed by atoms with Crippen LogP contribution < -0.4 is 10.9 Å². The lowest BCUT2D eigenvalue weighted by atomic mass is 10.2. The zero-order chi connectivity index (χ0) is 11.0. The third-order valence-electron chi connectivity index (χ3n) is 2.18. The van der Waals surface area contributed by atoms with E-state index in [2.05, 4.69) is 31.2 Å². The second-order valence-corrected chi connectivity index (χ2v) is 4.10. The van der Waals surface area contributed by atoms with Gasteiger partial charge in [0.25, 0.3) is 5.56 Å². The first-order chi connectivity index (χ1) is 7.11. The van der Waals surface area contributed by atoms with Crippen LogP contribution in [0.15, 0.2) is 21.4 Å². The van der Waals surface area contributed by atoms with Crippen molar-refractivity contribution in [3.8, 4) is 0 Å². The monoisotopic (exact) mass is 267 g/mol. The van der Waals surface area contributed by atoms with E-state index in [1.165, 1.54) is 0 Å². The number of anilines is 1. The predicted molar refractivity (Wildman–Crippen MR) is 64.3 cm³/mol. The molecule has 78 valence electrons. The Hall–Kier alpha value is -1.36. The summed E-state index contributed by atoms with van der Waals surface area (Å²) in [6.07, 6.45) is 0. The van der Waals surface area contributed by atoms with E-state index < -0.39 is 0 Å². The number of H-pyrrole nitrogens is 1. The van der Waals surface area contributed by atoms with Gasteiger partial charge in [-0.2, -0.15) is 0 Å². The van der Waals surface area contributed by atoms with Gasteiger partial charge in [0.05, 0.1) is 10.9 Å². The third kappa shape index (κ3) is 1.74. The minimum absolute atomic E-state index is 0.110. The molecule has 1 aromatic heterocycles. The molecule has 2 aromatic rings. The van der Waals surface area contributed by atoms with E-state index in [-0.39, 0.29) is 5.56 Å². The number of nitrogens with one attached hydrogen (secondary N) is 2. The number of halogens is 1. The largest absolute Gasteiger partial charge is 0.387 e. The Morgan fingerprint density at radius 3 is 2.87 bits per heavy atom. The van der Waals surface area contributed by atoms with E-state index in [0.717, 1.165) is 10.2 Å². The number of aromatic nitrogens is 2. The number of benzene rings is 1. The maximum atomic E-state index is 11.6. The number of hydrogen-bond acceptors (Lipinski definition) is 3. The second kappa shape index (κ2) is 3.66. The molecule has 0 spiro atoms. The zero-order valence-corrected chi connectivity index (χ0v) is 9.97. The van der Waals surface area contributed by atoms with E-state index in [0.29, 0.717) is 16.7 Å². The van der Waals surface area contributed by atoms with Gasteiger partial charge in [-0.1, -0.05) is 0 Å². The Balaban J connectivity index is 2.87. The Bertz CT molecular complexity index is 577. The lowest BCUT2D eigenvalue weighted by molar-refractivity contribution is 1.06. The predicted octanol–water partition coefficient (Wildman–Crippen LogP) is 2.04. The third-order valence-corrected chi connectivity index (χ3v) is 2.84. The van der Waals surface area contributed by atoms with Crippen molar-refractivity contribution in [2.75, 3.05) is 12.4 Å². The molecule has 0 aliphatic carbocycles. The molecule has 0 aliphatic rings. The van der Waals surface area contributed by atoms with Gasteiger partial charge in [-0.15, -0.1) is 0 Å². The van der Waals surface area contributed by atoms with Gasteiger partial charge in [-0.25, -0.2) is 4.98 Å². The van der Waals surface area contributed by atoms with Crippen LogP contribution in [0.2, 0.25) is 0 Å². The van der Waals surface area contributed by atoms with Gasteiger partial charge in [0.1, 0.15) is 5.82 Å². The van der Waals surface area contributed by atoms with Crippen molar-refractivity contribution in [2.24, 2.45) is 0 Å². The van der Waals surface area contributed by atoms with Crippen LogP contribution in [0.4, 0.5) is 5.69 Å². The standard InChI is InChI=1S/C10H10BrN3O/c1-5-13-8-4-7(11)9(12-2)3-6(8)10(15)14-5/h3-4,12H,1-2H3,(H,13,14,15). The van der Waals surface area contributed by atoms with Crippen molar-refractivity contribution in [2.45, 2.75) is 6.92 Å². The molecule has 0 aliphatic heterocycles. The number of hydrogen-bond donors (Lipinski definition) is 2. The quantitative estimate of drug-likeness (QED) is 0.832. The Kier molecular flexibility index (Phi) is 2.48. The van der Waals surface area contributed by atoms with Gasteiger partial charge in [-0.05, 0) is 35.0 Å². The van der Waals surface area contributed by atoms with Gasteiger partial charge in [0.15, 0.2) is 0 Å². The van der Waals surface area contributed by atoms with Crippen LogP contribution in [-0.2, 0) is 0 Å². The molecule has 0 fully saturated rings. The smallest absolute Gasteiger partial charge is 0.258 e. The van der Waals surface area contributed by atoms with Crippen LogP contribution in [-0.4, -0.2) is 17.0 Å². The van der Waals surface area contributed by atoms with Crippen LogP contribution in [0, 0.1) is 6.92 Å². The lowest BCUT2D eigenvalue weighted by Crippen LogP contribution is -2.10. The number of aromatic amines is 1. The molecule has 4 nitrogen and oxygen atoms in total. The highest BCUT2D eigenvalue weighted by Gasteiger charge is 2.05. The fourth-order valence-electron chi connectivity index (χ4n) is 1.47. The van der Waals surface area contributed by atoms with E-state index >= 15 is 0 Å². The molecule has 0 bridgehead atoms. The first-order valence-electron chi connectivity index (χ1n) is 4.50. The normalized spacial score (nSPS) is 10.6. The van der Waals surface area contributed by atoms with Crippen molar-refractivity contribution in [1.82, 2.24) is 9.97 Å². The zero-order valence-electron chi connectivity index (χ0n) is 8.39. The maximum Gasteiger partial charge on any atom is 0.258 e. The highest BCUT2D eigenvalue weighted by atomic mass is 79.9. The highest BCUT2D eigenvalue weighted by Crippen LogP contribution is 2.25. The second-order valence-electron chi connectivity index (χ2n) is 3.25. The molecule has 0 saturated heterocycles. The maximum absolute atomic E-state index is 11.6. The van der Waals surface area contributed by atoms with Gasteiger partial charge < -0.3 is 10.3 Å². The molecule has 1 heterocycles. The van der Waals surface area contributed by atoms with Crippen molar-refractivity contribution < 1.29 is 0 Å². The summed E-state index contributed by atoms with van der Waals surface area (Å²) < 4.78 is 0.898. The van der Waals surface area contributed by atoms with Crippen molar-refractivity contribution in [3.05, 3.63) is 32.8 Å². The number of aryl methyl sites for hydroxylation is 1. The number of fused-ring (bicyclic) bond motifs is 1. The average Bonchev–Trinajstić information content (AvgIpc) is 2.16. The average molecular weight is 268 g/mol. The molecule has 0 radical (unpaired) electrons. The molecule has 0 saturated carbocycles. The summed E-state index contributed by atoms with van der Waals surface area (Å²) in [5.74, 6) is 0.622. The van der Waals surface area contributed by atoms with Gasteiger partial charge in [0, 0.05) is 17.2 Å². The first kappa shape index (κ1) is 10.2. The summed E-state index contributed by atoms with van der Waals surface area (Å²) in [6, 6.07) is 3.62.